The lowest BCUT2D eigenvalue weighted by atomic mass is 10.2. The molecule has 6 heteroatoms. The minimum atomic E-state index is -0.301. The first-order chi connectivity index (χ1) is 10.2. The van der Waals surface area contributed by atoms with Crippen LogP contribution in [0.2, 0.25) is 0 Å². The Bertz CT molecular complexity index is 639. The van der Waals surface area contributed by atoms with E-state index in [2.05, 4.69) is 15.0 Å². The van der Waals surface area contributed by atoms with Crippen molar-refractivity contribution in [2.75, 3.05) is 12.8 Å². The van der Waals surface area contributed by atoms with Crippen LogP contribution in [0.15, 0.2) is 47.7 Å². The molecule has 2 aromatic rings. The molecule has 0 saturated carbocycles. The smallest absolute Gasteiger partial charge is 0.248 e. The zero-order valence-corrected chi connectivity index (χ0v) is 12.5. The molecule has 0 radical (unpaired) electrons. The Kier molecular flexibility index (Phi) is 4.06. The topological polar surface area (TPSA) is 61.4 Å². The summed E-state index contributed by atoms with van der Waals surface area (Å²) >= 11 is 1.64. The number of hydrogen-bond acceptors (Lipinski definition) is 4. The summed E-state index contributed by atoms with van der Waals surface area (Å²) in [4.78, 5) is 25.8. The number of carbonyl (C=O) groups is 1. The van der Waals surface area contributed by atoms with E-state index in [1.54, 1.807) is 36.1 Å². The molecule has 1 aliphatic rings. The Balaban J connectivity index is 1.67. The zero-order chi connectivity index (χ0) is 14.7. The monoisotopic (exact) mass is 300 g/mol. The number of likely N-dealkylation sites (N-methyl/N-ethyl adjacent to an activating group) is 1. The molecule has 3 rings (SSSR count). The molecule has 1 N–H and O–H groups in total. The van der Waals surface area contributed by atoms with Gasteiger partial charge in [0.1, 0.15) is 11.9 Å². The number of carbonyl (C=O) groups excluding carboxylic acids is 1. The van der Waals surface area contributed by atoms with E-state index in [4.69, 9.17) is 0 Å². The lowest BCUT2D eigenvalue weighted by Crippen LogP contribution is -2.35. The maximum absolute atomic E-state index is 12.4. The summed E-state index contributed by atoms with van der Waals surface area (Å²) in [6.07, 6.45) is 3.44. The number of aromatic nitrogens is 2. The number of aromatic amines is 1. The van der Waals surface area contributed by atoms with Gasteiger partial charge in [0.2, 0.25) is 5.91 Å². The van der Waals surface area contributed by atoms with E-state index in [0.717, 1.165) is 16.4 Å². The van der Waals surface area contributed by atoms with Crippen molar-refractivity contribution in [3.05, 3.63) is 54.1 Å². The van der Waals surface area contributed by atoms with Crippen molar-refractivity contribution in [2.24, 2.45) is 4.99 Å². The van der Waals surface area contributed by atoms with Gasteiger partial charge in [-0.1, -0.05) is 30.3 Å². The first-order valence-electron chi connectivity index (χ1n) is 6.73. The minimum absolute atomic E-state index is 0.0323. The maximum Gasteiger partial charge on any atom is 0.248 e. The lowest BCUT2D eigenvalue weighted by Gasteiger charge is -2.18. The fraction of sp³-hybridized carbons (Fsp3) is 0.267. The highest BCUT2D eigenvalue weighted by Gasteiger charge is 2.28. The number of rotatable bonds is 4. The highest BCUT2D eigenvalue weighted by atomic mass is 32.2. The highest BCUT2D eigenvalue weighted by molar-refractivity contribution is 8.14. The quantitative estimate of drug-likeness (QED) is 0.938. The number of nitrogens with zero attached hydrogens (tertiary/aromatic N) is 3. The van der Waals surface area contributed by atoms with Crippen molar-refractivity contribution >= 4 is 22.7 Å². The molecule has 108 valence electrons. The largest absolute Gasteiger partial charge is 0.347 e. The van der Waals surface area contributed by atoms with Crippen LogP contribution in [0.4, 0.5) is 0 Å². The van der Waals surface area contributed by atoms with Crippen LogP contribution in [0.3, 0.4) is 0 Å². The Morgan fingerprint density at radius 2 is 2.24 bits per heavy atom. The van der Waals surface area contributed by atoms with Gasteiger partial charge in [0, 0.05) is 30.8 Å². The van der Waals surface area contributed by atoms with Gasteiger partial charge in [-0.15, -0.1) is 11.8 Å². The number of imidazole rings is 1. The third kappa shape index (κ3) is 3.16. The standard InChI is InChI=1S/C15H16N4OS/c1-19(9-13-16-7-8-17-13)15(20)12-10-21-14(18-12)11-5-3-2-4-6-11/h2-8,12H,9-10H2,1H3,(H,16,17). The Morgan fingerprint density at radius 1 is 1.43 bits per heavy atom. The van der Waals surface area contributed by atoms with Crippen molar-refractivity contribution in [1.82, 2.24) is 14.9 Å². The van der Waals surface area contributed by atoms with E-state index in [0.29, 0.717) is 12.3 Å². The molecule has 1 atom stereocenters. The van der Waals surface area contributed by atoms with E-state index in [-0.39, 0.29) is 11.9 Å². The van der Waals surface area contributed by atoms with Crippen LogP contribution in [0, 0.1) is 0 Å². The van der Waals surface area contributed by atoms with Gasteiger partial charge in [0.15, 0.2) is 0 Å². The third-order valence-electron chi connectivity index (χ3n) is 3.27. The van der Waals surface area contributed by atoms with Crippen molar-refractivity contribution in [3.63, 3.8) is 0 Å². The van der Waals surface area contributed by atoms with Crippen LogP contribution < -0.4 is 0 Å². The molecule has 0 saturated heterocycles. The molecule has 1 aromatic heterocycles. The average molecular weight is 300 g/mol. The van der Waals surface area contributed by atoms with Gasteiger partial charge in [-0.2, -0.15) is 0 Å². The number of benzene rings is 1. The van der Waals surface area contributed by atoms with Gasteiger partial charge < -0.3 is 9.88 Å². The van der Waals surface area contributed by atoms with E-state index in [1.165, 1.54) is 0 Å². The summed E-state index contributed by atoms with van der Waals surface area (Å²) in [5.74, 6) is 1.51. The summed E-state index contributed by atoms with van der Waals surface area (Å²) in [5.41, 5.74) is 1.08. The van der Waals surface area contributed by atoms with Gasteiger partial charge in [-0.3, -0.25) is 9.79 Å². The van der Waals surface area contributed by atoms with Crippen molar-refractivity contribution in [1.29, 1.82) is 0 Å². The van der Waals surface area contributed by atoms with Gasteiger partial charge >= 0.3 is 0 Å². The highest BCUT2D eigenvalue weighted by Crippen LogP contribution is 2.24. The van der Waals surface area contributed by atoms with Crippen molar-refractivity contribution in [2.45, 2.75) is 12.6 Å². The predicted molar refractivity (Wildman–Crippen MR) is 84.3 cm³/mol. The van der Waals surface area contributed by atoms with Crippen LogP contribution >= 0.6 is 11.8 Å². The molecule has 5 nitrogen and oxygen atoms in total. The van der Waals surface area contributed by atoms with Gasteiger partial charge in [0.05, 0.1) is 11.6 Å². The normalized spacial score (nSPS) is 17.6. The lowest BCUT2D eigenvalue weighted by molar-refractivity contribution is -0.131. The van der Waals surface area contributed by atoms with Crippen LogP contribution in [0.5, 0.6) is 0 Å². The average Bonchev–Trinajstić information content (AvgIpc) is 3.18. The molecule has 21 heavy (non-hydrogen) atoms. The summed E-state index contributed by atoms with van der Waals surface area (Å²) < 4.78 is 0. The number of H-pyrrole nitrogens is 1. The summed E-state index contributed by atoms with van der Waals surface area (Å²) in [5, 5.41) is 0.945. The van der Waals surface area contributed by atoms with Crippen molar-refractivity contribution in [3.8, 4) is 0 Å². The van der Waals surface area contributed by atoms with E-state index >= 15 is 0 Å². The second-order valence-corrected chi connectivity index (χ2v) is 5.87. The summed E-state index contributed by atoms with van der Waals surface area (Å²) in [6.45, 7) is 0.475. The number of thioether (sulfide) groups is 1. The van der Waals surface area contributed by atoms with Crippen LogP contribution in [0.25, 0.3) is 0 Å². The number of nitrogens with one attached hydrogen (secondary N) is 1. The minimum Gasteiger partial charge on any atom is -0.347 e. The summed E-state index contributed by atoms with van der Waals surface area (Å²) in [7, 11) is 1.78. The second-order valence-electron chi connectivity index (χ2n) is 4.86. The van der Waals surface area contributed by atoms with Crippen molar-refractivity contribution < 1.29 is 4.79 Å². The van der Waals surface area contributed by atoms with E-state index in [9.17, 15) is 4.79 Å². The number of amides is 1. The predicted octanol–water partition coefficient (Wildman–Crippen LogP) is 1.93. The zero-order valence-electron chi connectivity index (χ0n) is 11.7. The van der Waals surface area contributed by atoms with E-state index < -0.39 is 0 Å². The van der Waals surface area contributed by atoms with Gasteiger partial charge in [-0.25, -0.2) is 4.98 Å². The Morgan fingerprint density at radius 3 is 2.95 bits per heavy atom. The number of aliphatic imine (C=N–C) groups is 1. The van der Waals surface area contributed by atoms with Crippen LogP contribution in [-0.4, -0.2) is 44.7 Å². The SMILES string of the molecule is CN(Cc1ncc[nH]1)C(=O)C1CSC(c2ccccc2)=N1. The molecule has 1 aliphatic heterocycles. The Hall–Kier alpha value is -2.08. The fourth-order valence-electron chi connectivity index (χ4n) is 2.18. The third-order valence-corrected chi connectivity index (χ3v) is 4.37. The molecule has 1 aromatic carbocycles. The van der Waals surface area contributed by atoms with E-state index in [1.807, 2.05) is 30.3 Å². The number of hydrogen-bond donors (Lipinski definition) is 1. The first-order valence-corrected chi connectivity index (χ1v) is 7.72. The fourth-order valence-corrected chi connectivity index (χ4v) is 3.22. The van der Waals surface area contributed by atoms with Crippen LogP contribution in [-0.2, 0) is 11.3 Å². The van der Waals surface area contributed by atoms with Gasteiger partial charge in [-0.05, 0) is 0 Å². The Labute approximate surface area is 127 Å². The van der Waals surface area contributed by atoms with Gasteiger partial charge in [0.25, 0.3) is 0 Å². The molecular weight excluding hydrogens is 284 g/mol. The second kappa shape index (κ2) is 6.13. The molecule has 0 spiro atoms. The molecular formula is C15H16N4OS. The molecule has 0 aliphatic carbocycles. The first kappa shape index (κ1) is 13.9. The molecule has 2 heterocycles. The van der Waals surface area contributed by atoms with Crippen LogP contribution in [0.1, 0.15) is 11.4 Å². The summed E-state index contributed by atoms with van der Waals surface area (Å²) in [6, 6.07) is 9.68. The molecule has 1 amide bonds. The molecule has 1 unspecified atom stereocenters. The molecule has 0 fully saturated rings. The molecule has 0 bridgehead atoms. The maximum atomic E-state index is 12.4.